The molecule has 0 unspecified atom stereocenters. The molecule has 2 aromatic carbocycles. The zero-order valence-corrected chi connectivity index (χ0v) is 13.0. The highest BCUT2D eigenvalue weighted by Crippen LogP contribution is 2.23. The van der Waals surface area contributed by atoms with Crippen LogP contribution in [0.25, 0.3) is 23.1 Å². The Morgan fingerprint density at radius 2 is 1.83 bits per heavy atom. The van der Waals surface area contributed by atoms with Crippen LogP contribution in [-0.4, -0.2) is 7.11 Å². The monoisotopic (exact) mass is 307 g/mol. The molecule has 0 saturated heterocycles. The van der Waals surface area contributed by atoms with Crippen LogP contribution in [-0.2, 0) is 0 Å². The molecule has 0 atom stereocenters. The van der Waals surface area contributed by atoms with Gasteiger partial charge in [0, 0.05) is 17.1 Å². The second kappa shape index (κ2) is 6.01. The second-order valence-electron chi connectivity index (χ2n) is 5.29. The van der Waals surface area contributed by atoms with E-state index >= 15 is 0 Å². The van der Waals surface area contributed by atoms with Crippen molar-refractivity contribution in [2.24, 2.45) is 0 Å². The minimum Gasteiger partial charge on any atom is -0.497 e. The Kier molecular flexibility index (Phi) is 3.89. The van der Waals surface area contributed by atoms with Gasteiger partial charge in [0.1, 0.15) is 11.3 Å². The third-order valence-corrected chi connectivity index (χ3v) is 3.79. The first-order valence-electron chi connectivity index (χ1n) is 7.23. The van der Waals surface area contributed by atoms with Crippen LogP contribution in [0, 0.1) is 6.92 Å². The normalized spacial score (nSPS) is 11.2. The maximum atomic E-state index is 12.2. The Morgan fingerprint density at radius 3 is 2.52 bits per heavy atom. The Bertz CT molecular complexity index is 937. The van der Waals surface area contributed by atoms with Crippen LogP contribution in [0.4, 0.5) is 5.69 Å². The van der Waals surface area contributed by atoms with Crippen LogP contribution in [0.15, 0.2) is 51.7 Å². The van der Waals surface area contributed by atoms with Gasteiger partial charge in [0.2, 0.25) is 0 Å². The van der Waals surface area contributed by atoms with Crippen molar-refractivity contribution in [1.29, 1.82) is 0 Å². The van der Waals surface area contributed by atoms with Crippen molar-refractivity contribution in [1.82, 2.24) is 0 Å². The van der Waals surface area contributed by atoms with Crippen molar-refractivity contribution >= 4 is 28.8 Å². The summed E-state index contributed by atoms with van der Waals surface area (Å²) < 4.78 is 10.5. The van der Waals surface area contributed by atoms with E-state index in [1.807, 2.05) is 43.3 Å². The summed E-state index contributed by atoms with van der Waals surface area (Å²) in [4.78, 5) is 12.2. The lowest BCUT2D eigenvalue weighted by Gasteiger charge is -2.05. The molecule has 23 heavy (non-hydrogen) atoms. The molecule has 116 valence electrons. The molecule has 2 N–H and O–H groups in total. The highest BCUT2D eigenvalue weighted by atomic mass is 16.5. The number of anilines is 1. The first-order valence-corrected chi connectivity index (χ1v) is 7.23. The van der Waals surface area contributed by atoms with Crippen molar-refractivity contribution in [3.63, 3.8) is 0 Å². The summed E-state index contributed by atoms with van der Waals surface area (Å²) in [5.74, 6) is 0.793. The lowest BCUT2D eigenvalue weighted by Crippen LogP contribution is -2.06. The molecular formula is C19H17NO3. The highest BCUT2D eigenvalue weighted by Gasteiger charge is 2.09. The Balaban J connectivity index is 2.03. The quantitative estimate of drug-likeness (QED) is 0.589. The first kappa shape index (κ1) is 14.9. The van der Waals surface area contributed by atoms with Gasteiger partial charge in [0.15, 0.2) is 0 Å². The van der Waals surface area contributed by atoms with E-state index in [9.17, 15) is 4.79 Å². The molecular weight excluding hydrogens is 290 g/mol. The predicted octanol–water partition coefficient (Wildman–Crippen LogP) is 3.86. The van der Waals surface area contributed by atoms with Gasteiger partial charge < -0.3 is 14.9 Å². The van der Waals surface area contributed by atoms with E-state index in [1.54, 1.807) is 25.3 Å². The van der Waals surface area contributed by atoms with Gasteiger partial charge in [0.05, 0.1) is 12.7 Å². The standard InChI is InChI=1S/C19H17NO3/c1-12-16-10-6-14(20)11-18(16)23-19(21)17(12)9-5-13-3-7-15(22-2)8-4-13/h3-11H,20H2,1-2H3/b9-5+. The van der Waals surface area contributed by atoms with Gasteiger partial charge in [-0.05, 0) is 48.4 Å². The van der Waals surface area contributed by atoms with E-state index in [4.69, 9.17) is 14.9 Å². The number of ether oxygens (including phenoxy) is 1. The van der Waals surface area contributed by atoms with Gasteiger partial charge in [-0.15, -0.1) is 0 Å². The summed E-state index contributed by atoms with van der Waals surface area (Å²) >= 11 is 0. The average Bonchev–Trinajstić information content (AvgIpc) is 2.55. The first-order chi connectivity index (χ1) is 11.1. The second-order valence-corrected chi connectivity index (χ2v) is 5.29. The average molecular weight is 307 g/mol. The summed E-state index contributed by atoms with van der Waals surface area (Å²) in [5.41, 5.74) is 8.83. The predicted molar refractivity (Wildman–Crippen MR) is 93.6 cm³/mol. The molecule has 0 radical (unpaired) electrons. The molecule has 0 aliphatic rings. The topological polar surface area (TPSA) is 65.5 Å². The number of hydrogen-bond donors (Lipinski definition) is 1. The number of methoxy groups -OCH3 is 1. The van der Waals surface area contributed by atoms with Crippen LogP contribution >= 0.6 is 0 Å². The molecule has 0 aliphatic carbocycles. The molecule has 0 aliphatic heterocycles. The molecule has 1 aromatic heterocycles. The van der Waals surface area contributed by atoms with Gasteiger partial charge in [-0.2, -0.15) is 0 Å². The number of hydrogen-bond acceptors (Lipinski definition) is 4. The number of nitrogen functional groups attached to an aromatic ring is 1. The van der Waals surface area contributed by atoms with Crippen LogP contribution < -0.4 is 16.1 Å². The molecule has 4 nitrogen and oxygen atoms in total. The summed E-state index contributed by atoms with van der Waals surface area (Å²) in [6.45, 7) is 1.91. The van der Waals surface area contributed by atoms with E-state index in [2.05, 4.69) is 0 Å². The fourth-order valence-corrected chi connectivity index (χ4v) is 2.47. The van der Waals surface area contributed by atoms with Crippen LogP contribution in [0.2, 0.25) is 0 Å². The Hall–Kier alpha value is -3.01. The van der Waals surface area contributed by atoms with Gasteiger partial charge in [-0.25, -0.2) is 4.79 Å². The number of fused-ring (bicyclic) bond motifs is 1. The molecule has 0 fully saturated rings. The van der Waals surface area contributed by atoms with Crippen LogP contribution in [0.5, 0.6) is 5.75 Å². The lowest BCUT2D eigenvalue weighted by atomic mass is 10.0. The minimum atomic E-state index is -0.370. The maximum Gasteiger partial charge on any atom is 0.343 e. The van der Waals surface area contributed by atoms with Crippen molar-refractivity contribution in [3.8, 4) is 5.75 Å². The molecule has 0 bridgehead atoms. The zero-order chi connectivity index (χ0) is 16.4. The van der Waals surface area contributed by atoms with E-state index in [0.717, 1.165) is 22.3 Å². The number of nitrogens with two attached hydrogens (primary N) is 1. The Morgan fingerprint density at radius 1 is 1.09 bits per heavy atom. The van der Waals surface area contributed by atoms with Crippen LogP contribution in [0.3, 0.4) is 0 Å². The molecule has 3 rings (SSSR count). The van der Waals surface area contributed by atoms with E-state index in [-0.39, 0.29) is 5.63 Å². The SMILES string of the molecule is COc1ccc(/C=C/c2c(C)c3ccc(N)cc3oc2=O)cc1. The van der Waals surface area contributed by atoms with E-state index in [0.29, 0.717) is 16.8 Å². The summed E-state index contributed by atoms with van der Waals surface area (Å²) in [6.07, 6.45) is 3.65. The molecule has 0 amide bonds. The van der Waals surface area contributed by atoms with Gasteiger partial charge in [-0.1, -0.05) is 18.2 Å². The zero-order valence-electron chi connectivity index (χ0n) is 13.0. The highest BCUT2D eigenvalue weighted by molar-refractivity contribution is 5.86. The van der Waals surface area contributed by atoms with Gasteiger partial charge in [-0.3, -0.25) is 0 Å². The van der Waals surface area contributed by atoms with Crippen molar-refractivity contribution in [3.05, 3.63) is 69.6 Å². The molecule has 0 spiro atoms. The van der Waals surface area contributed by atoms with E-state index in [1.165, 1.54) is 0 Å². The number of aryl methyl sites for hydroxylation is 1. The number of rotatable bonds is 3. The molecule has 1 heterocycles. The van der Waals surface area contributed by atoms with Crippen molar-refractivity contribution in [2.45, 2.75) is 6.92 Å². The van der Waals surface area contributed by atoms with Crippen molar-refractivity contribution < 1.29 is 9.15 Å². The number of benzene rings is 2. The fraction of sp³-hybridized carbons (Fsp3) is 0.105. The summed E-state index contributed by atoms with van der Waals surface area (Å²) in [6, 6.07) is 12.9. The van der Waals surface area contributed by atoms with Gasteiger partial charge >= 0.3 is 5.63 Å². The lowest BCUT2D eigenvalue weighted by molar-refractivity contribution is 0.415. The van der Waals surface area contributed by atoms with E-state index < -0.39 is 0 Å². The molecule has 3 aromatic rings. The fourth-order valence-electron chi connectivity index (χ4n) is 2.47. The Labute approximate surface area is 133 Å². The largest absolute Gasteiger partial charge is 0.497 e. The summed E-state index contributed by atoms with van der Waals surface area (Å²) in [5, 5.41) is 0.883. The van der Waals surface area contributed by atoms with Crippen LogP contribution in [0.1, 0.15) is 16.7 Å². The summed E-state index contributed by atoms with van der Waals surface area (Å²) in [7, 11) is 1.63. The molecule has 4 heteroatoms. The van der Waals surface area contributed by atoms with Crippen molar-refractivity contribution in [2.75, 3.05) is 12.8 Å². The maximum absolute atomic E-state index is 12.2. The smallest absolute Gasteiger partial charge is 0.343 e. The molecule has 0 saturated carbocycles. The third-order valence-electron chi connectivity index (χ3n) is 3.79. The minimum absolute atomic E-state index is 0.370. The third kappa shape index (κ3) is 2.97. The van der Waals surface area contributed by atoms with Gasteiger partial charge in [0.25, 0.3) is 0 Å².